The molecule has 0 amide bonds. The molecule has 4 aromatic rings. The van der Waals surface area contributed by atoms with Gasteiger partial charge in [-0.15, -0.1) is 0 Å². The van der Waals surface area contributed by atoms with E-state index < -0.39 is 0 Å². The standard InChI is InChI=1S/C21H15Br2N3O3/c1-29-17-9-12(5-6-16(17)27)19-21(26-7-3-2-4-18(26)25-19)24-11-13-8-14(22)10-15(23)20(13)28/h2-11,27-28H,1H3/b24-11+. The van der Waals surface area contributed by atoms with Gasteiger partial charge in [0, 0.05) is 28.0 Å². The van der Waals surface area contributed by atoms with Crippen LogP contribution in [0.25, 0.3) is 16.9 Å². The molecule has 0 unspecified atom stereocenters. The Morgan fingerprint density at radius 3 is 2.72 bits per heavy atom. The number of fused-ring (bicyclic) bond motifs is 1. The van der Waals surface area contributed by atoms with E-state index in [0.717, 1.165) is 15.7 Å². The van der Waals surface area contributed by atoms with Crippen molar-refractivity contribution in [2.24, 2.45) is 4.99 Å². The minimum Gasteiger partial charge on any atom is -0.506 e. The van der Waals surface area contributed by atoms with Crippen molar-refractivity contribution in [1.29, 1.82) is 0 Å². The lowest BCUT2D eigenvalue weighted by molar-refractivity contribution is 0.373. The molecule has 2 heterocycles. The van der Waals surface area contributed by atoms with E-state index in [4.69, 9.17) is 4.74 Å². The summed E-state index contributed by atoms with van der Waals surface area (Å²) in [7, 11) is 1.50. The van der Waals surface area contributed by atoms with Crippen molar-refractivity contribution in [3.8, 4) is 28.5 Å². The molecule has 2 N–H and O–H groups in total. The molecule has 0 bridgehead atoms. The Bertz CT molecular complexity index is 1250. The maximum atomic E-state index is 10.3. The van der Waals surface area contributed by atoms with Gasteiger partial charge in [0.1, 0.15) is 17.1 Å². The Morgan fingerprint density at radius 2 is 1.93 bits per heavy atom. The van der Waals surface area contributed by atoms with Crippen LogP contribution in [-0.4, -0.2) is 32.9 Å². The molecule has 0 fully saturated rings. The minimum absolute atomic E-state index is 0.0500. The molecule has 2 aromatic carbocycles. The number of ether oxygens (including phenoxy) is 1. The number of aromatic nitrogens is 2. The molecule has 146 valence electrons. The maximum absolute atomic E-state index is 10.3. The average Bonchev–Trinajstić information content (AvgIpc) is 3.08. The second kappa shape index (κ2) is 7.88. The lowest BCUT2D eigenvalue weighted by Gasteiger charge is -2.06. The fourth-order valence-corrected chi connectivity index (χ4v) is 4.20. The molecular weight excluding hydrogens is 502 g/mol. The first-order valence-corrected chi connectivity index (χ1v) is 10.1. The van der Waals surface area contributed by atoms with E-state index in [2.05, 4.69) is 41.8 Å². The highest BCUT2D eigenvalue weighted by atomic mass is 79.9. The van der Waals surface area contributed by atoms with Gasteiger partial charge in [0.15, 0.2) is 17.3 Å². The number of nitrogens with zero attached hydrogens (tertiary/aromatic N) is 3. The number of methoxy groups -OCH3 is 1. The van der Waals surface area contributed by atoms with Gasteiger partial charge in [0.2, 0.25) is 0 Å². The summed E-state index contributed by atoms with van der Waals surface area (Å²) in [6, 6.07) is 14.2. The van der Waals surface area contributed by atoms with Crippen LogP contribution in [0.15, 0.2) is 68.7 Å². The molecular formula is C21H15Br2N3O3. The summed E-state index contributed by atoms with van der Waals surface area (Å²) in [6.45, 7) is 0. The zero-order valence-electron chi connectivity index (χ0n) is 15.2. The Kier molecular flexibility index (Phi) is 5.29. The number of aliphatic imine (C=N–C) groups is 1. The highest BCUT2D eigenvalue weighted by molar-refractivity contribution is 9.11. The predicted octanol–water partition coefficient (Wildman–Crippen LogP) is 5.70. The first-order chi connectivity index (χ1) is 14.0. The minimum atomic E-state index is 0.0500. The van der Waals surface area contributed by atoms with E-state index in [1.807, 2.05) is 28.8 Å². The summed E-state index contributed by atoms with van der Waals surface area (Å²) in [5.41, 5.74) is 2.64. The molecule has 0 aliphatic heterocycles. The number of hydrogen-bond acceptors (Lipinski definition) is 5. The summed E-state index contributed by atoms with van der Waals surface area (Å²) in [4.78, 5) is 9.32. The van der Waals surface area contributed by atoms with Gasteiger partial charge in [0.25, 0.3) is 0 Å². The number of benzene rings is 2. The topological polar surface area (TPSA) is 79.4 Å². The first-order valence-electron chi connectivity index (χ1n) is 8.54. The number of imidazole rings is 1. The van der Waals surface area contributed by atoms with Crippen LogP contribution in [0.1, 0.15) is 5.56 Å². The molecule has 6 nitrogen and oxygen atoms in total. The van der Waals surface area contributed by atoms with Crippen LogP contribution in [0.2, 0.25) is 0 Å². The first kappa shape index (κ1) is 19.5. The van der Waals surface area contributed by atoms with Crippen LogP contribution >= 0.6 is 31.9 Å². The molecule has 0 aliphatic carbocycles. The van der Waals surface area contributed by atoms with Crippen LogP contribution < -0.4 is 4.74 Å². The van der Waals surface area contributed by atoms with Crippen molar-refractivity contribution in [3.63, 3.8) is 0 Å². The summed E-state index contributed by atoms with van der Waals surface area (Å²) in [5.74, 6) is 1.08. The van der Waals surface area contributed by atoms with E-state index in [9.17, 15) is 10.2 Å². The van der Waals surface area contributed by atoms with Crippen LogP contribution in [-0.2, 0) is 0 Å². The Balaban J connectivity index is 1.89. The van der Waals surface area contributed by atoms with Crippen molar-refractivity contribution in [2.45, 2.75) is 0 Å². The van der Waals surface area contributed by atoms with Crippen molar-refractivity contribution >= 4 is 49.5 Å². The van der Waals surface area contributed by atoms with Crippen molar-refractivity contribution in [2.75, 3.05) is 7.11 Å². The average molecular weight is 517 g/mol. The maximum Gasteiger partial charge on any atom is 0.165 e. The van der Waals surface area contributed by atoms with E-state index in [1.54, 1.807) is 36.5 Å². The third kappa shape index (κ3) is 3.73. The third-order valence-corrected chi connectivity index (χ3v) is 5.40. The molecule has 0 spiro atoms. The summed E-state index contributed by atoms with van der Waals surface area (Å²) < 4.78 is 8.46. The van der Waals surface area contributed by atoms with Crippen molar-refractivity contribution < 1.29 is 14.9 Å². The van der Waals surface area contributed by atoms with Crippen LogP contribution in [0.4, 0.5) is 5.82 Å². The smallest absolute Gasteiger partial charge is 0.165 e. The molecule has 0 radical (unpaired) electrons. The molecule has 0 aliphatic rings. The molecule has 8 heteroatoms. The number of hydrogen-bond donors (Lipinski definition) is 2. The fourth-order valence-electron chi connectivity index (χ4n) is 2.94. The molecule has 4 rings (SSSR count). The van der Waals surface area contributed by atoms with Crippen LogP contribution in [0.5, 0.6) is 17.2 Å². The largest absolute Gasteiger partial charge is 0.506 e. The second-order valence-corrected chi connectivity index (χ2v) is 7.95. The number of halogens is 2. The number of pyridine rings is 1. The zero-order valence-corrected chi connectivity index (χ0v) is 18.3. The second-order valence-electron chi connectivity index (χ2n) is 6.18. The van der Waals surface area contributed by atoms with Gasteiger partial charge < -0.3 is 14.9 Å². The zero-order chi connectivity index (χ0) is 20.5. The van der Waals surface area contributed by atoms with E-state index in [1.165, 1.54) is 7.11 Å². The number of aromatic hydroxyl groups is 2. The van der Waals surface area contributed by atoms with Crippen molar-refractivity contribution in [1.82, 2.24) is 9.38 Å². The lowest BCUT2D eigenvalue weighted by Crippen LogP contribution is -1.88. The third-order valence-electron chi connectivity index (χ3n) is 4.34. The fraction of sp³-hybridized carbons (Fsp3) is 0.0476. The molecule has 29 heavy (non-hydrogen) atoms. The number of phenols is 2. The van der Waals surface area contributed by atoms with Crippen LogP contribution in [0, 0.1) is 0 Å². The lowest BCUT2D eigenvalue weighted by atomic mass is 10.1. The van der Waals surface area contributed by atoms with Gasteiger partial charge in [-0.25, -0.2) is 9.98 Å². The number of phenolic OH excluding ortho intramolecular Hbond substituents is 2. The van der Waals surface area contributed by atoms with Gasteiger partial charge in [-0.1, -0.05) is 22.0 Å². The summed E-state index contributed by atoms with van der Waals surface area (Å²) in [5, 5.41) is 20.2. The normalized spacial score (nSPS) is 11.4. The Morgan fingerprint density at radius 1 is 1.10 bits per heavy atom. The van der Waals surface area contributed by atoms with Gasteiger partial charge in [-0.3, -0.25) is 4.40 Å². The molecule has 0 atom stereocenters. The Labute approximate surface area is 183 Å². The van der Waals surface area contributed by atoms with Gasteiger partial charge >= 0.3 is 0 Å². The molecule has 0 saturated heterocycles. The van der Waals surface area contributed by atoms with Crippen LogP contribution in [0.3, 0.4) is 0 Å². The van der Waals surface area contributed by atoms with E-state index in [-0.39, 0.29) is 11.5 Å². The predicted molar refractivity (Wildman–Crippen MR) is 120 cm³/mol. The quantitative estimate of drug-likeness (QED) is 0.341. The molecule has 0 saturated carbocycles. The van der Waals surface area contributed by atoms with Crippen molar-refractivity contribution in [3.05, 3.63) is 69.2 Å². The summed E-state index contributed by atoms with van der Waals surface area (Å²) >= 11 is 6.75. The SMILES string of the molecule is COc1cc(-c2nc3ccccn3c2/N=C/c2cc(Br)cc(Br)c2O)ccc1O. The van der Waals surface area contributed by atoms with E-state index in [0.29, 0.717) is 27.3 Å². The Hall–Kier alpha value is -2.84. The van der Waals surface area contributed by atoms with Gasteiger partial charge in [0.05, 0.1) is 11.6 Å². The van der Waals surface area contributed by atoms with Gasteiger partial charge in [-0.05, 0) is 58.4 Å². The van der Waals surface area contributed by atoms with E-state index >= 15 is 0 Å². The highest BCUT2D eigenvalue weighted by Gasteiger charge is 2.15. The molecule has 2 aromatic heterocycles. The highest BCUT2D eigenvalue weighted by Crippen LogP contribution is 2.37. The summed E-state index contributed by atoms with van der Waals surface area (Å²) in [6.07, 6.45) is 3.45. The van der Waals surface area contributed by atoms with Gasteiger partial charge in [-0.2, -0.15) is 0 Å². The monoisotopic (exact) mass is 515 g/mol. The number of rotatable bonds is 4.